The molecule has 1 saturated heterocycles. The summed E-state index contributed by atoms with van der Waals surface area (Å²) in [6.45, 7) is 3.97. The topological polar surface area (TPSA) is 40.6 Å². The van der Waals surface area contributed by atoms with Crippen LogP contribution in [0.2, 0.25) is 10.0 Å². The highest BCUT2D eigenvalue weighted by Crippen LogP contribution is 2.20. The summed E-state index contributed by atoms with van der Waals surface area (Å²) in [5.74, 6) is -0.170. The number of hydrogen-bond donors (Lipinski definition) is 0. The predicted molar refractivity (Wildman–Crippen MR) is 109 cm³/mol. The molecular formula is C21H20Cl2N2O2. The molecule has 0 aromatic heterocycles. The van der Waals surface area contributed by atoms with Crippen LogP contribution in [0.1, 0.15) is 21.5 Å². The molecule has 0 aliphatic carbocycles. The van der Waals surface area contributed by atoms with Crippen LogP contribution < -0.4 is 0 Å². The molecule has 0 radical (unpaired) electrons. The Balaban J connectivity index is 1.58. The standard InChI is InChI=1S/C21H20Cl2N2O2/c1-15-3-2-4-16(11-15)5-6-20(26)24-7-9-25(10-8-24)21(27)17-12-18(22)14-19(23)13-17/h2-6,11-14H,7-10H2,1H3/b6-5+. The average molecular weight is 403 g/mol. The van der Waals surface area contributed by atoms with E-state index in [1.807, 2.05) is 37.3 Å². The zero-order valence-electron chi connectivity index (χ0n) is 15.0. The van der Waals surface area contributed by atoms with E-state index < -0.39 is 0 Å². The van der Waals surface area contributed by atoms with E-state index in [2.05, 4.69) is 0 Å². The van der Waals surface area contributed by atoms with Gasteiger partial charge in [0.25, 0.3) is 5.91 Å². The molecule has 1 aliphatic heterocycles. The van der Waals surface area contributed by atoms with Crippen molar-refractivity contribution in [3.63, 3.8) is 0 Å². The molecule has 0 spiro atoms. The van der Waals surface area contributed by atoms with E-state index in [0.717, 1.165) is 11.1 Å². The normalized spacial score (nSPS) is 14.6. The summed E-state index contributed by atoms with van der Waals surface area (Å²) in [5.41, 5.74) is 2.61. The van der Waals surface area contributed by atoms with Crippen LogP contribution in [0.15, 0.2) is 48.5 Å². The fraction of sp³-hybridized carbons (Fsp3) is 0.238. The van der Waals surface area contributed by atoms with Gasteiger partial charge in [-0.25, -0.2) is 0 Å². The second-order valence-electron chi connectivity index (χ2n) is 6.52. The molecule has 2 aromatic rings. The number of halogens is 2. The molecule has 140 valence electrons. The zero-order chi connectivity index (χ0) is 19.4. The number of piperazine rings is 1. The van der Waals surface area contributed by atoms with Crippen LogP contribution in [-0.2, 0) is 4.79 Å². The second-order valence-corrected chi connectivity index (χ2v) is 7.40. The lowest BCUT2D eigenvalue weighted by atomic mass is 10.1. The zero-order valence-corrected chi connectivity index (χ0v) is 16.5. The molecule has 0 unspecified atom stereocenters. The van der Waals surface area contributed by atoms with E-state index in [1.54, 1.807) is 34.1 Å². The molecule has 6 heteroatoms. The molecule has 4 nitrogen and oxygen atoms in total. The van der Waals surface area contributed by atoms with E-state index >= 15 is 0 Å². The van der Waals surface area contributed by atoms with Gasteiger partial charge in [0.1, 0.15) is 0 Å². The van der Waals surface area contributed by atoms with Gasteiger partial charge in [0, 0.05) is 47.9 Å². The van der Waals surface area contributed by atoms with E-state index in [-0.39, 0.29) is 11.8 Å². The molecule has 1 fully saturated rings. The van der Waals surface area contributed by atoms with Crippen LogP contribution in [-0.4, -0.2) is 47.8 Å². The van der Waals surface area contributed by atoms with E-state index in [0.29, 0.717) is 41.8 Å². The van der Waals surface area contributed by atoms with Crippen molar-refractivity contribution in [3.8, 4) is 0 Å². The number of benzene rings is 2. The van der Waals surface area contributed by atoms with Crippen LogP contribution in [0.5, 0.6) is 0 Å². The van der Waals surface area contributed by atoms with Gasteiger partial charge in [-0.05, 0) is 36.8 Å². The number of carbonyl (C=O) groups is 2. The fourth-order valence-corrected chi connectivity index (χ4v) is 3.56. The fourth-order valence-electron chi connectivity index (χ4n) is 3.04. The SMILES string of the molecule is Cc1cccc(/C=C/C(=O)N2CCN(C(=O)c3cc(Cl)cc(Cl)c3)CC2)c1. The molecule has 3 rings (SSSR count). The largest absolute Gasteiger partial charge is 0.336 e. The van der Waals surface area contributed by atoms with Gasteiger partial charge in [-0.1, -0.05) is 53.0 Å². The molecular weight excluding hydrogens is 383 g/mol. The Morgan fingerprint density at radius 1 is 0.926 bits per heavy atom. The lowest BCUT2D eigenvalue weighted by molar-refractivity contribution is -0.127. The Labute approximate surface area is 169 Å². The number of rotatable bonds is 3. The number of hydrogen-bond acceptors (Lipinski definition) is 2. The quantitative estimate of drug-likeness (QED) is 0.717. The lowest BCUT2D eigenvalue weighted by Crippen LogP contribution is -2.50. The first-order valence-electron chi connectivity index (χ1n) is 8.71. The molecule has 0 atom stereocenters. The molecule has 27 heavy (non-hydrogen) atoms. The number of carbonyl (C=O) groups excluding carboxylic acids is 2. The number of aryl methyl sites for hydroxylation is 1. The summed E-state index contributed by atoms with van der Waals surface area (Å²) in [4.78, 5) is 28.5. The summed E-state index contributed by atoms with van der Waals surface area (Å²) in [6, 6.07) is 12.8. The first-order valence-corrected chi connectivity index (χ1v) is 9.47. The maximum Gasteiger partial charge on any atom is 0.254 e. The van der Waals surface area contributed by atoms with Crippen LogP contribution in [0.3, 0.4) is 0 Å². The Bertz CT molecular complexity index is 867. The van der Waals surface area contributed by atoms with Crippen molar-refractivity contribution < 1.29 is 9.59 Å². The summed E-state index contributed by atoms with van der Waals surface area (Å²) in [6.07, 6.45) is 3.41. The van der Waals surface area contributed by atoms with Crippen molar-refractivity contribution in [3.05, 3.63) is 75.3 Å². The van der Waals surface area contributed by atoms with Crippen molar-refractivity contribution in [2.75, 3.05) is 26.2 Å². The minimum Gasteiger partial charge on any atom is -0.336 e. The van der Waals surface area contributed by atoms with Crippen LogP contribution >= 0.6 is 23.2 Å². The predicted octanol–water partition coefficient (Wildman–Crippen LogP) is 4.30. The van der Waals surface area contributed by atoms with Gasteiger partial charge in [0.2, 0.25) is 5.91 Å². The highest BCUT2D eigenvalue weighted by molar-refractivity contribution is 6.35. The summed E-state index contributed by atoms with van der Waals surface area (Å²) in [5, 5.41) is 0.863. The number of nitrogens with zero attached hydrogens (tertiary/aromatic N) is 2. The highest BCUT2D eigenvalue weighted by atomic mass is 35.5. The second kappa shape index (κ2) is 8.59. The Hall–Kier alpha value is -2.30. The van der Waals surface area contributed by atoms with Crippen LogP contribution in [0, 0.1) is 6.92 Å². The maximum atomic E-state index is 12.6. The van der Waals surface area contributed by atoms with Crippen molar-refractivity contribution >= 4 is 41.1 Å². The minimum atomic E-state index is -0.123. The smallest absolute Gasteiger partial charge is 0.254 e. The first kappa shape index (κ1) is 19.5. The Kier molecular flexibility index (Phi) is 6.19. The highest BCUT2D eigenvalue weighted by Gasteiger charge is 2.24. The van der Waals surface area contributed by atoms with Gasteiger partial charge >= 0.3 is 0 Å². The number of amides is 2. The molecule has 1 heterocycles. The van der Waals surface area contributed by atoms with Crippen molar-refractivity contribution in [2.45, 2.75) is 6.92 Å². The van der Waals surface area contributed by atoms with Crippen molar-refractivity contribution in [1.29, 1.82) is 0 Å². The van der Waals surface area contributed by atoms with Gasteiger partial charge in [-0.3, -0.25) is 9.59 Å². The van der Waals surface area contributed by atoms with Crippen molar-refractivity contribution in [1.82, 2.24) is 9.80 Å². The van der Waals surface area contributed by atoms with Gasteiger partial charge in [0.15, 0.2) is 0 Å². The molecule has 2 aromatic carbocycles. The average Bonchev–Trinajstić information content (AvgIpc) is 2.65. The van der Waals surface area contributed by atoms with Gasteiger partial charge in [-0.15, -0.1) is 0 Å². The third-order valence-electron chi connectivity index (χ3n) is 4.45. The van der Waals surface area contributed by atoms with Crippen molar-refractivity contribution in [2.24, 2.45) is 0 Å². The minimum absolute atomic E-state index is 0.0468. The molecule has 0 saturated carbocycles. The van der Waals surface area contributed by atoms with E-state index in [1.165, 1.54) is 0 Å². The third kappa shape index (κ3) is 5.12. The maximum absolute atomic E-state index is 12.6. The Morgan fingerprint density at radius 3 is 2.19 bits per heavy atom. The lowest BCUT2D eigenvalue weighted by Gasteiger charge is -2.34. The third-order valence-corrected chi connectivity index (χ3v) is 4.88. The summed E-state index contributed by atoms with van der Waals surface area (Å²) in [7, 11) is 0. The van der Waals surface area contributed by atoms with Gasteiger partial charge in [0.05, 0.1) is 0 Å². The van der Waals surface area contributed by atoms with Crippen LogP contribution in [0.25, 0.3) is 6.08 Å². The Morgan fingerprint density at radius 2 is 1.56 bits per heavy atom. The van der Waals surface area contributed by atoms with E-state index in [9.17, 15) is 9.59 Å². The first-order chi connectivity index (χ1) is 12.9. The van der Waals surface area contributed by atoms with E-state index in [4.69, 9.17) is 23.2 Å². The molecule has 0 bridgehead atoms. The molecule has 1 aliphatic rings. The molecule has 0 N–H and O–H groups in total. The van der Waals surface area contributed by atoms with Gasteiger partial charge in [-0.2, -0.15) is 0 Å². The monoisotopic (exact) mass is 402 g/mol. The van der Waals surface area contributed by atoms with Crippen LogP contribution in [0.4, 0.5) is 0 Å². The summed E-state index contributed by atoms with van der Waals surface area (Å²) >= 11 is 12.0. The molecule has 2 amide bonds. The summed E-state index contributed by atoms with van der Waals surface area (Å²) < 4.78 is 0. The van der Waals surface area contributed by atoms with Gasteiger partial charge < -0.3 is 9.80 Å².